The molecular formula is C18H21N5O2. The van der Waals surface area contributed by atoms with Gasteiger partial charge in [0, 0.05) is 5.92 Å². The normalized spacial score (nSPS) is 21.9. The van der Waals surface area contributed by atoms with Crippen molar-refractivity contribution in [3.8, 4) is 0 Å². The molecule has 2 aliphatic heterocycles. The van der Waals surface area contributed by atoms with E-state index < -0.39 is 5.54 Å². The Morgan fingerprint density at radius 1 is 1.24 bits per heavy atom. The molecule has 1 aliphatic carbocycles. The van der Waals surface area contributed by atoms with Gasteiger partial charge in [0.15, 0.2) is 5.82 Å². The van der Waals surface area contributed by atoms with Crippen molar-refractivity contribution in [2.24, 2.45) is 0 Å². The number of piperidine rings is 1. The molecule has 1 saturated heterocycles. The van der Waals surface area contributed by atoms with E-state index in [-0.39, 0.29) is 5.91 Å². The van der Waals surface area contributed by atoms with E-state index in [4.69, 9.17) is 4.52 Å². The molecule has 1 aromatic heterocycles. The molecule has 3 heterocycles. The summed E-state index contributed by atoms with van der Waals surface area (Å²) in [5, 5.41) is 11.0. The summed E-state index contributed by atoms with van der Waals surface area (Å²) in [6, 6.07) is 7.95. The average molecular weight is 339 g/mol. The van der Waals surface area contributed by atoms with Crippen molar-refractivity contribution in [2.45, 2.75) is 43.7 Å². The molecule has 3 aliphatic rings. The second-order valence-electron chi connectivity index (χ2n) is 7.19. The maximum absolute atomic E-state index is 13.4. The molecule has 0 bridgehead atoms. The SMILES string of the molecule is O=C1N(Cc2noc(C3CC3)n2)c2ccccc2NC12CCNCC2. The lowest BCUT2D eigenvalue weighted by molar-refractivity contribution is -0.124. The van der Waals surface area contributed by atoms with E-state index >= 15 is 0 Å². The molecule has 1 aromatic carbocycles. The van der Waals surface area contributed by atoms with Crippen LogP contribution >= 0.6 is 0 Å². The van der Waals surface area contributed by atoms with Gasteiger partial charge in [-0.2, -0.15) is 4.98 Å². The maximum atomic E-state index is 13.4. The number of fused-ring (bicyclic) bond motifs is 1. The summed E-state index contributed by atoms with van der Waals surface area (Å²) in [6.07, 6.45) is 3.78. The van der Waals surface area contributed by atoms with E-state index in [1.165, 1.54) is 0 Å². The molecule has 7 heteroatoms. The first-order valence-electron chi connectivity index (χ1n) is 8.98. The molecule has 2 N–H and O–H groups in total. The van der Waals surface area contributed by atoms with E-state index in [0.717, 1.165) is 50.1 Å². The molecule has 0 atom stereocenters. The van der Waals surface area contributed by atoms with Crippen molar-refractivity contribution in [3.05, 3.63) is 36.0 Å². The molecule has 2 fully saturated rings. The van der Waals surface area contributed by atoms with Crippen LogP contribution in [0.5, 0.6) is 0 Å². The molecular weight excluding hydrogens is 318 g/mol. The van der Waals surface area contributed by atoms with Gasteiger partial charge in [0.25, 0.3) is 5.91 Å². The number of para-hydroxylation sites is 2. The van der Waals surface area contributed by atoms with Crippen molar-refractivity contribution in [1.29, 1.82) is 0 Å². The van der Waals surface area contributed by atoms with Gasteiger partial charge < -0.3 is 20.1 Å². The fourth-order valence-corrected chi connectivity index (χ4v) is 3.81. The summed E-state index contributed by atoms with van der Waals surface area (Å²) in [5.41, 5.74) is 1.34. The molecule has 7 nitrogen and oxygen atoms in total. The molecule has 1 amide bonds. The number of carbonyl (C=O) groups excluding carboxylic acids is 1. The third kappa shape index (κ3) is 2.50. The molecule has 25 heavy (non-hydrogen) atoms. The van der Waals surface area contributed by atoms with Gasteiger partial charge in [-0.15, -0.1) is 0 Å². The van der Waals surface area contributed by atoms with Crippen LogP contribution in [-0.2, 0) is 11.3 Å². The Kier molecular flexibility index (Phi) is 3.31. The van der Waals surface area contributed by atoms with Crippen LogP contribution in [0.4, 0.5) is 11.4 Å². The van der Waals surface area contributed by atoms with Gasteiger partial charge in [0.2, 0.25) is 5.89 Å². The molecule has 1 saturated carbocycles. The molecule has 0 radical (unpaired) electrons. The first-order valence-corrected chi connectivity index (χ1v) is 8.98. The zero-order valence-corrected chi connectivity index (χ0v) is 14.0. The van der Waals surface area contributed by atoms with Crippen LogP contribution in [0.3, 0.4) is 0 Å². The lowest BCUT2D eigenvalue weighted by Gasteiger charge is -2.45. The van der Waals surface area contributed by atoms with E-state index in [1.807, 2.05) is 29.2 Å². The number of carbonyl (C=O) groups is 1. The predicted octanol–water partition coefficient (Wildman–Crippen LogP) is 2.03. The average Bonchev–Trinajstić information content (AvgIpc) is 3.39. The highest BCUT2D eigenvalue weighted by Gasteiger charge is 2.46. The van der Waals surface area contributed by atoms with Crippen molar-refractivity contribution in [2.75, 3.05) is 23.3 Å². The summed E-state index contributed by atoms with van der Waals surface area (Å²) in [6.45, 7) is 2.02. The van der Waals surface area contributed by atoms with Crippen LogP contribution in [0.15, 0.2) is 28.8 Å². The van der Waals surface area contributed by atoms with Gasteiger partial charge in [-0.25, -0.2) is 0 Å². The number of hydrogen-bond acceptors (Lipinski definition) is 6. The Morgan fingerprint density at radius 2 is 2.04 bits per heavy atom. The van der Waals surface area contributed by atoms with Gasteiger partial charge in [0.1, 0.15) is 5.54 Å². The van der Waals surface area contributed by atoms with Crippen LogP contribution in [0.25, 0.3) is 0 Å². The van der Waals surface area contributed by atoms with Crippen molar-refractivity contribution >= 4 is 17.3 Å². The van der Waals surface area contributed by atoms with Gasteiger partial charge >= 0.3 is 0 Å². The Hall–Kier alpha value is -2.41. The second kappa shape index (κ2) is 5.56. The summed E-state index contributed by atoms with van der Waals surface area (Å²) >= 11 is 0. The zero-order valence-electron chi connectivity index (χ0n) is 14.0. The molecule has 130 valence electrons. The topological polar surface area (TPSA) is 83.3 Å². The first kappa shape index (κ1) is 14.9. The van der Waals surface area contributed by atoms with Crippen LogP contribution in [-0.4, -0.2) is 34.7 Å². The first-order chi connectivity index (χ1) is 12.3. The minimum absolute atomic E-state index is 0.102. The quantitative estimate of drug-likeness (QED) is 0.890. The second-order valence-corrected chi connectivity index (χ2v) is 7.19. The fraction of sp³-hybridized carbons (Fsp3) is 0.500. The molecule has 1 spiro atoms. The Balaban J connectivity index is 1.49. The third-order valence-corrected chi connectivity index (χ3v) is 5.39. The van der Waals surface area contributed by atoms with E-state index in [2.05, 4.69) is 20.8 Å². The highest BCUT2D eigenvalue weighted by atomic mass is 16.5. The third-order valence-electron chi connectivity index (χ3n) is 5.39. The molecule has 5 rings (SSSR count). The number of hydrogen-bond donors (Lipinski definition) is 2. The highest BCUT2D eigenvalue weighted by Crippen LogP contribution is 2.41. The largest absolute Gasteiger partial charge is 0.369 e. The van der Waals surface area contributed by atoms with Crippen molar-refractivity contribution in [1.82, 2.24) is 15.5 Å². The molecule has 0 unspecified atom stereocenters. The minimum atomic E-state index is -0.539. The van der Waals surface area contributed by atoms with Gasteiger partial charge in [-0.1, -0.05) is 17.3 Å². The van der Waals surface area contributed by atoms with Crippen LogP contribution in [0.2, 0.25) is 0 Å². The number of benzene rings is 1. The van der Waals surface area contributed by atoms with Crippen molar-refractivity contribution < 1.29 is 9.32 Å². The van der Waals surface area contributed by atoms with E-state index in [0.29, 0.717) is 24.2 Å². The lowest BCUT2D eigenvalue weighted by atomic mass is 9.84. The fourth-order valence-electron chi connectivity index (χ4n) is 3.81. The van der Waals surface area contributed by atoms with Gasteiger partial charge in [-0.05, 0) is 50.9 Å². The summed E-state index contributed by atoms with van der Waals surface area (Å²) in [5.74, 6) is 1.81. The van der Waals surface area contributed by atoms with Crippen LogP contribution < -0.4 is 15.5 Å². The molecule has 2 aromatic rings. The Labute approximate surface area is 145 Å². The summed E-state index contributed by atoms with van der Waals surface area (Å²) in [4.78, 5) is 19.7. The highest BCUT2D eigenvalue weighted by molar-refractivity contribution is 6.07. The van der Waals surface area contributed by atoms with Crippen LogP contribution in [0.1, 0.15) is 43.3 Å². The predicted molar refractivity (Wildman–Crippen MR) is 92.4 cm³/mol. The number of rotatable bonds is 3. The van der Waals surface area contributed by atoms with E-state index in [9.17, 15) is 4.79 Å². The number of nitrogens with zero attached hydrogens (tertiary/aromatic N) is 3. The summed E-state index contributed by atoms with van der Waals surface area (Å²) < 4.78 is 5.37. The van der Waals surface area contributed by atoms with Gasteiger partial charge in [-0.3, -0.25) is 4.79 Å². The zero-order chi connectivity index (χ0) is 16.9. The minimum Gasteiger partial charge on any atom is -0.369 e. The maximum Gasteiger partial charge on any atom is 0.253 e. The Bertz CT molecular complexity index is 807. The standard InChI is InChI=1S/C18H21N5O2/c24-17-18(7-9-19-10-8-18)21-13-3-1-2-4-14(13)23(17)11-15-20-16(25-22-15)12-5-6-12/h1-4,12,19,21H,5-11H2. The van der Waals surface area contributed by atoms with Crippen molar-refractivity contribution in [3.63, 3.8) is 0 Å². The number of aromatic nitrogens is 2. The smallest absolute Gasteiger partial charge is 0.253 e. The van der Waals surface area contributed by atoms with Crippen LogP contribution in [0, 0.1) is 0 Å². The number of amides is 1. The Morgan fingerprint density at radius 3 is 2.84 bits per heavy atom. The van der Waals surface area contributed by atoms with E-state index in [1.54, 1.807) is 0 Å². The van der Waals surface area contributed by atoms with Gasteiger partial charge in [0.05, 0.1) is 17.9 Å². The number of nitrogens with one attached hydrogen (secondary N) is 2. The monoisotopic (exact) mass is 339 g/mol. The number of anilines is 2. The summed E-state index contributed by atoms with van der Waals surface area (Å²) in [7, 11) is 0. The lowest BCUT2D eigenvalue weighted by Crippen LogP contribution is -2.61.